The van der Waals surface area contributed by atoms with Crippen LogP contribution in [0, 0.1) is 5.92 Å². The van der Waals surface area contributed by atoms with Crippen LogP contribution < -0.4 is 16.1 Å². The third-order valence-corrected chi connectivity index (χ3v) is 4.28. The summed E-state index contributed by atoms with van der Waals surface area (Å²) in [6, 6.07) is 9.96. The Morgan fingerprint density at radius 3 is 2.65 bits per heavy atom. The van der Waals surface area contributed by atoms with Crippen molar-refractivity contribution in [2.45, 2.75) is 13.5 Å². The van der Waals surface area contributed by atoms with E-state index >= 15 is 0 Å². The third kappa shape index (κ3) is 2.00. The fourth-order valence-corrected chi connectivity index (χ4v) is 3.19. The maximum Gasteiger partial charge on any atom is 0.329 e. The van der Waals surface area contributed by atoms with Crippen LogP contribution in [-0.4, -0.2) is 25.6 Å². The summed E-state index contributed by atoms with van der Waals surface area (Å²) in [5, 5.41) is 0. The van der Waals surface area contributed by atoms with E-state index in [0.29, 0.717) is 29.6 Å². The molecule has 4 rings (SSSR count). The van der Waals surface area contributed by atoms with Crippen molar-refractivity contribution in [1.82, 2.24) is 19.1 Å². The van der Waals surface area contributed by atoms with Crippen molar-refractivity contribution in [3.63, 3.8) is 0 Å². The number of hydrogen-bond donors (Lipinski definition) is 1. The molecule has 3 heterocycles. The number of rotatable bonds is 1. The van der Waals surface area contributed by atoms with E-state index in [1.165, 1.54) is 4.57 Å². The number of hydrogen-bond acceptors (Lipinski definition) is 4. The number of imidazole rings is 1. The van der Waals surface area contributed by atoms with Crippen molar-refractivity contribution in [3.8, 4) is 0 Å². The molecule has 1 aliphatic heterocycles. The van der Waals surface area contributed by atoms with Crippen molar-refractivity contribution in [2.75, 3.05) is 11.4 Å². The van der Waals surface area contributed by atoms with Gasteiger partial charge in [0.1, 0.15) is 0 Å². The van der Waals surface area contributed by atoms with Crippen LogP contribution in [0.4, 0.5) is 11.6 Å². The molecule has 0 unspecified atom stereocenters. The summed E-state index contributed by atoms with van der Waals surface area (Å²) in [4.78, 5) is 33.2. The number of anilines is 2. The summed E-state index contributed by atoms with van der Waals surface area (Å²) in [7, 11) is 1.62. The van der Waals surface area contributed by atoms with Gasteiger partial charge in [-0.15, -0.1) is 0 Å². The summed E-state index contributed by atoms with van der Waals surface area (Å²) >= 11 is 0. The number of nitrogens with one attached hydrogen (secondary N) is 1. The molecule has 0 amide bonds. The minimum Gasteiger partial charge on any atom is -0.312 e. The first-order valence-electron chi connectivity index (χ1n) is 7.58. The summed E-state index contributed by atoms with van der Waals surface area (Å²) in [6.45, 7) is 3.66. The van der Waals surface area contributed by atoms with E-state index in [-0.39, 0.29) is 5.56 Å². The van der Waals surface area contributed by atoms with Gasteiger partial charge in [-0.3, -0.25) is 14.3 Å². The average Bonchev–Trinajstić information content (AvgIpc) is 2.92. The van der Waals surface area contributed by atoms with Gasteiger partial charge in [-0.2, -0.15) is 4.98 Å². The number of fused-ring (bicyclic) bond motifs is 3. The van der Waals surface area contributed by atoms with Crippen molar-refractivity contribution in [3.05, 3.63) is 51.2 Å². The lowest BCUT2D eigenvalue weighted by atomic mass is 10.1. The van der Waals surface area contributed by atoms with E-state index in [1.807, 2.05) is 34.9 Å². The number of H-pyrrole nitrogens is 1. The van der Waals surface area contributed by atoms with E-state index in [0.717, 1.165) is 12.2 Å². The smallest absolute Gasteiger partial charge is 0.312 e. The van der Waals surface area contributed by atoms with Crippen molar-refractivity contribution < 1.29 is 0 Å². The van der Waals surface area contributed by atoms with E-state index in [2.05, 4.69) is 21.8 Å². The van der Waals surface area contributed by atoms with E-state index in [1.54, 1.807) is 7.05 Å². The molecule has 0 bridgehead atoms. The molecule has 2 aromatic heterocycles. The molecular formula is C16H17N5O2. The Hall–Kier alpha value is -2.83. The van der Waals surface area contributed by atoms with Gasteiger partial charge in [0.2, 0.25) is 5.95 Å². The van der Waals surface area contributed by atoms with Crippen molar-refractivity contribution in [1.29, 1.82) is 0 Å². The predicted octanol–water partition coefficient (Wildman–Crippen LogP) is 1.21. The van der Waals surface area contributed by atoms with Crippen LogP contribution >= 0.6 is 0 Å². The number of para-hydroxylation sites is 1. The molecule has 3 aromatic rings. The highest BCUT2D eigenvalue weighted by atomic mass is 16.2. The Morgan fingerprint density at radius 1 is 1.17 bits per heavy atom. The summed E-state index contributed by atoms with van der Waals surface area (Å²) in [5.74, 6) is 1.06. The number of nitrogens with zero attached hydrogens (tertiary/aromatic N) is 4. The lowest BCUT2D eigenvalue weighted by molar-refractivity contribution is 0.458. The Balaban J connectivity index is 2.04. The van der Waals surface area contributed by atoms with Crippen LogP contribution in [0.25, 0.3) is 11.2 Å². The predicted molar refractivity (Wildman–Crippen MR) is 88.2 cm³/mol. The molecule has 1 aliphatic rings. The van der Waals surface area contributed by atoms with E-state index < -0.39 is 5.69 Å². The minimum absolute atomic E-state index is 0.358. The Bertz CT molecular complexity index is 999. The molecule has 0 saturated heterocycles. The zero-order valence-corrected chi connectivity index (χ0v) is 13.0. The Morgan fingerprint density at radius 2 is 1.91 bits per heavy atom. The quantitative estimate of drug-likeness (QED) is 0.733. The fraction of sp³-hybridized carbons (Fsp3) is 0.312. The molecule has 0 radical (unpaired) electrons. The number of aromatic nitrogens is 4. The second-order valence-corrected chi connectivity index (χ2v) is 6.06. The molecule has 1 aromatic carbocycles. The van der Waals surface area contributed by atoms with Crippen LogP contribution in [0.15, 0.2) is 39.9 Å². The zero-order valence-electron chi connectivity index (χ0n) is 13.0. The van der Waals surface area contributed by atoms with Crippen LogP contribution in [-0.2, 0) is 13.6 Å². The molecule has 0 fully saturated rings. The van der Waals surface area contributed by atoms with Gasteiger partial charge in [-0.1, -0.05) is 25.1 Å². The zero-order chi connectivity index (χ0) is 16.1. The van der Waals surface area contributed by atoms with Crippen LogP contribution in [0.3, 0.4) is 0 Å². The lowest BCUT2D eigenvalue weighted by Crippen LogP contribution is -2.35. The van der Waals surface area contributed by atoms with Crippen LogP contribution in [0.5, 0.6) is 0 Å². The topological polar surface area (TPSA) is 75.9 Å². The molecule has 1 N–H and O–H groups in total. The fourth-order valence-electron chi connectivity index (χ4n) is 3.19. The van der Waals surface area contributed by atoms with Gasteiger partial charge in [0.25, 0.3) is 5.56 Å². The summed E-state index contributed by atoms with van der Waals surface area (Å²) in [6.07, 6.45) is 0. The van der Waals surface area contributed by atoms with Gasteiger partial charge in [0.05, 0.1) is 0 Å². The molecule has 7 nitrogen and oxygen atoms in total. The average molecular weight is 311 g/mol. The first kappa shape index (κ1) is 13.8. The number of aryl methyl sites for hydroxylation is 1. The number of benzene rings is 1. The van der Waals surface area contributed by atoms with Crippen molar-refractivity contribution in [2.24, 2.45) is 13.0 Å². The molecule has 0 saturated carbocycles. The van der Waals surface area contributed by atoms with E-state index in [9.17, 15) is 9.59 Å². The second-order valence-electron chi connectivity index (χ2n) is 6.06. The van der Waals surface area contributed by atoms with Gasteiger partial charge in [-0.05, 0) is 18.1 Å². The monoisotopic (exact) mass is 311 g/mol. The summed E-state index contributed by atoms with van der Waals surface area (Å²) < 4.78 is 3.30. The van der Waals surface area contributed by atoms with Crippen molar-refractivity contribution >= 4 is 22.8 Å². The minimum atomic E-state index is -0.447. The largest absolute Gasteiger partial charge is 0.329 e. The standard InChI is InChI=1S/C16H17N5O2/c1-10-8-20(11-6-4-3-5-7-11)15-17-13-12(21(15)9-10)14(22)18-16(23)19(13)2/h3-7,10H,8-9H2,1-2H3,(H,18,22,23)/t10-/m1/s1. The highest BCUT2D eigenvalue weighted by molar-refractivity contribution is 5.76. The number of aromatic amines is 1. The highest BCUT2D eigenvalue weighted by Gasteiger charge is 2.28. The molecule has 1 atom stereocenters. The van der Waals surface area contributed by atoms with Crippen LogP contribution in [0.1, 0.15) is 6.92 Å². The maximum absolute atomic E-state index is 12.3. The van der Waals surface area contributed by atoms with Gasteiger partial charge >= 0.3 is 5.69 Å². The van der Waals surface area contributed by atoms with Gasteiger partial charge < -0.3 is 9.47 Å². The lowest BCUT2D eigenvalue weighted by Gasteiger charge is -2.32. The molecule has 118 valence electrons. The molecular weight excluding hydrogens is 294 g/mol. The third-order valence-electron chi connectivity index (χ3n) is 4.28. The highest BCUT2D eigenvalue weighted by Crippen LogP contribution is 2.32. The Labute approximate surface area is 131 Å². The Kier molecular flexibility index (Phi) is 2.90. The SMILES string of the molecule is C[C@@H]1CN(c2ccccc2)c2nc3c(c(=O)[nH]c(=O)n3C)n2C1. The first-order valence-corrected chi connectivity index (χ1v) is 7.58. The molecule has 0 spiro atoms. The molecule has 23 heavy (non-hydrogen) atoms. The maximum atomic E-state index is 12.3. The second kappa shape index (κ2) is 4.84. The van der Waals surface area contributed by atoms with Crippen LogP contribution in [0.2, 0.25) is 0 Å². The first-order chi connectivity index (χ1) is 11.1. The molecule has 0 aliphatic carbocycles. The molecule has 7 heteroatoms. The van der Waals surface area contributed by atoms with E-state index in [4.69, 9.17) is 0 Å². The van der Waals surface area contributed by atoms with Gasteiger partial charge in [0, 0.05) is 25.8 Å². The summed E-state index contributed by atoms with van der Waals surface area (Å²) in [5.41, 5.74) is 1.07. The van der Waals surface area contributed by atoms with Gasteiger partial charge in [-0.25, -0.2) is 4.79 Å². The van der Waals surface area contributed by atoms with Gasteiger partial charge in [0.15, 0.2) is 11.2 Å². The normalized spacial score (nSPS) is 17.5.